The highest BCUT2D eigenvalue weighted by Crippen LogP contribution is 2.20. The molecular weight excluding hydrogens is 600 g/mol. The van der Waals surface area contributed by atoms with Gasteiger partial charge in [-0.2, -0.15) is 0 Å². The second-order valence-corrected chi connectivity index (χ2v) is 13.6. The molecule has 0 aromatic heterocycles. The summed E-state index contributed by atoms with van der Waals surface area (Å²) in [6.07, 6.45) is 0.197. The van der Waals surface area contributed by atoms with Crippen molar-refractivity contribution >= 4 is 21.7 Å². The monoisotopic (exact) mass is 643 g/mol. The van der Waals surface area contributed by atoms with Crippen LogP contribution in [-0.2, 0) is 22.8 Å². The number of sulfone groups is 1. The van der Waals surface area contributed by atoms with Gasteiger partial charge in [0.2, 0.25) is 0 Å². The van der Waals surface area contributed by atoms with Crippen LogP contribution in [0.5, 0.6) is 0 Å². The lowest BCUT2D eigenvalue weighted by atomic mass is 10.00. The van der Waals surface area contributed by atoms with E-state index < -0.39 is 39.5 Å². The Bertz CT molecular complexity index is 1570. The number of aryl methyl sites for hydroxylation is 1. The summed E-state index contributed by atoms with van der Waals surface area (Å²) in [6, 6.07) is 13.1. The van der Waals surface area contributed by atoms with Crippen molar-refractivity contribution in [3.8, 4) is 0 Å². The molecule has 0 aliphatic rings. The van der Waals surface area contributed by atoms with Crippen molar-refractivity contribution < 1.29 is 31.9 Å². The topological polar surface area (TPSA) is 121 Å². The van der Waals surface area contributed by atoms with E-state index in [0.29, 0.717) is 29.8 Å². The van der Waals surface area contributed by atoms with Crippen LogP contribution in [0.4, 0.5) is 8.78 Å². The molecule has 45 heavy (non-hydrogen) atoms. The first-order chi connectivity index (χ1) is 21.3. The molecule has 3 aromatic rings. The number of rotatable bonds is 15. The van der Waals surface area contributed by atoms with Gasteiger partial charge in [-0.3, -0.25) is 9.59 Å². The summed E-state index contributed by atoms with van der Waals surface area (Å²) in [5, 5.41) is 11.1. The zero-order valence-corrected chi connectivity index (χ0v) is 27.1. The number of aliphatic hydroxyl groups is 1. The number of carbonyl (C=O) groups excluding carboxylic acids is 2. The average molecular weight is 644 g/mol. The fraction of sp³-hybridized carbons (Fsp3) is 0.412. The maximum atomic E-state index is 14.1. The van der Waals surface area contributed by atoms with Crippen LogP contribution in [0.3, 0.4) is 0 Å². The molecule has 2 atom stereocenters. The largest absolute Gasteiger partial charge is 0.390 e. The Morgan fingerprint density at radius 2 is 1.42 bits per heavy atom. The molecule has 3 N–H and O–H groups in total. The van der Waals surface area contributed by atoms with Crippen LogP contribution in [0.1, 0.15) is 71.0 Å². The van der Waals surface area contributed by atoms with E-state index in [-0.39, 0.29) is 47.2 Å². The minimum Gasteiger partial charge on any atom is -0.390 e. The second-order valence-electron chi connectivity index (χ2n) is 11.3. The quantitative estimate of drug-likeness (QED) is 0.243. The lowest BCUT2D eigenvalue weighted by molar-refractivity contribution is 0.0554. The first kappa shape index (κ1) is 35.8. The van der Waals surface area contributed by atoms with Crippen LogP contribution < -0.4 is 5.73 Å². The molecule has 2 amide bonds. The van der Waals surface area contributed by atoms with Gasteiger partial charge in [0.05, 0.1) is 16.8 Å². The average Bonchev–Trinajstić information content (AvgIpc) is 2.99. The van der Waals surface area contributed by atoms with E-state index in [1.54, 1.807) is 43.0 Å². The highest BCUT2D eigenvalue weighted by atomic mass is 32.2. The number of hydrogen-bond acceptors (Lipinski definition) is 6. The van der Waals surface area contributed by atoms with E-state index in [9.17, 15) is 31.9 Å². The molecule has 3 rings (SSSR count). The molecular formula is C34H43F2N3O5S. The van der Waals surface area contributed by atoms with Crippen molar-refractivity contribution in [3.05, 3.63) is 100 Å². The maximum absolute atomic E-state index is 14.1. The van der Waals surface area contributed by atoms with Crippen molar-refractivity contribution in [3.63, 3.8) is 0 Å². The fourth-order valence-corrected chi connectivity index (χ4v) is 6.14. The van der Waals surface area contributed by atoms with Crippen molar-refractivity contribution in [2.45, 2.75) is 70.5 Å². The van der Waals surface area contributed by atoms with E-state index >= 15 is 0 Å². The van der Waals surface area contributed by atoms with Gasteiger partial charge in [-0.15, -0.1) is 0 Å². The Morgan fingerprint density at radius 3 is 1.98 bits per heavy atom. The predicted octanol–water partition coefficient (Wildman–Crippen LogP) is 4.90. The lowest BCUT2D eigenvalue weighted by Crippen LogP contribution is -2.46. The van der Waals surface area contributed by atoms with Crippen LogP contribution in [0.15, 0.2) is 65.6 Å². The van der Waals surface area contributed by atoms with Crippen LogP contribution >= 0.6 is 0 Å². The molecule has 11 heteroatoms. The van der Waals surface area contributed by atoms with Gasteiger partial charge in [0.1, 0.15) is 11.6 Å². The normalized spacial score (nSPS) is 12.9. The molecule has 0 bridgehead atoms. The number of nitrogens with zero attached hydrogens (tertiary/aromatic N) is 2. The molecule has 0 aliphatic carbocycles. The summed E-state index contributed by atoms with van der Waals surface area (Å²) in [7, 11) is -3.52. The summed E-state index contributed by atoms with van der Waals surface area (Å²) in [4.78, 5) is 30.7. The van der Waals surface area contributed by atoms with Gasteiger partial charge in [-0.1, -0.05) is 32.9 Å². The highest BCUT2D eigenvalue weighted by molar-refractivity contribution is 7.91. The third kappa shape index (κ3) is 9.91. The third-order valence-corrected chi connectivity index (χ3v) is 9.17. The number of aliphatic hydroxyl groups excluding tert-OH is 1. The molecule has 0 spiro atoms. The molecule has 8 nitrogen and oxygen atoms in total. The zero-order chi connectivity index (χ0) is 33.3. The first-order valence-electron chi connectivity index (χ1n) is 15.2. The van der Waals surface area contributed by atoms with E-state index in [4.69, 9.17) is 5.73 Å². The molecule has 0 unspecified atom stereocenters. The van der Waals surface area contributed by atoms with Gasteiger partial charge in [0.25, 0.3) is 11.8 Å². The molecule has 0 fully saturated rings. The highest BCUT2D eigenvalue weighted by Gasteiger charge is 2.26. The van der Waals surface area contributed by atoms with Crippen LogP contribution in [0, 0.1) is 18.6 Å². The Balaban J connectivity index is 1.97. The SMILES string of the molecule is CCCN(CCC)C(=O)c1cc(C)cc(C(=O)N(Cc2cccc(S(=O)(=O)CC)c2)C[C@@H](O)[C@@H](N)Cc2cc(F)cc(F)c2)c1. The molecule has 0 heterocycles. The molecule has 0 saturated heterocycles. The fourth-order valence-electron chi connectivity index (χ4n) is 5.19. The number of benzene rings is 3. The van der Waals surface area contributed by atoms with Crippen molar-refractivity contribution in [1.82, 2.24) is 9.80 Å². The Morgan fingerprint density at radius 1 is 0.844 bits per heavy atom. The standard InChI is InChI=1S/C34H43F2N3O5S/c1-5-11-38(12-6-2)33(41)26-13-23(4)14-27(19-26)34(42)39(21-24-9-8-10-30(17-24)45(43,44)7-3)22-32(40)31(37)18-25-15-28(35)20-29(36)16-25/h8-10,13-17,19-20,31-32,40H,5-7,11-12,18,21-22,37H2,1-4H3/t31-,32+/m0/s1. The molecule has 0 saturated carbocycles. The summed E-state index contributed by atoms with van der Waals surface area (Å²) in [5.41, 5.74) is 8.28. The number of carbonyl (C=O) groups is 2. The number of hydrogen-bond donors (Lipinski definition) is 2. The van der Waals surface area contributed by atoms with E-state index in [2.05, 4.69) is 0 Å². The number of halogens is 2. The van der Waals surface area contributed by atoms with Gasteiger partial charge < -0.3 is 20.6 Å². The van der Waals surface area contributed by atoms with E-state index in [0.717, 1.165) is 31.0 Å². The summed E-state index contributed by atoms with van der Waals surface area (Å²) in [5.74, 6) is -2.33. The van der Waals surface area contributed by atoms with Crippen molar-refractivity contribution in [2.24, 2.45) is 5.73 Å². The molecule has 0 aliphatic heterocycles. The number of nitrogens with two attached hydrogens (primary N) is 1. The maximum Gasteiger partial charge on any atom is 0.254 e. The number of amides is 2. The third-order valence-electron chi connectivity index (χ3n) is 7.44. The predicted molar refractivity (Wildman–Crippen MR) is 171 cm³/mol. The minimum atomic E-state index is -3.52. The van der Waals surface area contributed by atoms with E-state index in [1.807, 2.05) is 13.8 Å². The minimum absolute atomic E-state index is 0.0596. The second kappa shape index (κ2) is 16.1. The molecule has 3 aromatic carbocycles. The van der Waals surface area contributed by atoms with Crippen LogP contribution in [0.2, 0.25) is 0 Å². The lowest BCUT2D eigenvalue weighted by Gasteiger charge is -2.29. The molecule has 0 radical (unpaired) electrons. The summed E-state index contributed by atoms with van der Waals surface area (Å²) in [6.45, 7) is 8.11. The van der Waals surface area contributed by atoms with Crippen molar-refractivity contribution in [2.75, 3.05) is 25.4 Å². The Labute approximate surface area is 264 Å². The van der Waals surface area contributed by atoms with Crippen molar-refractivity contribution in [1.29, 1.82) is 0 Å². The van der Waals surface area contributed by atoms with Gasteiger partial charge in [-0.25, -0.2) is 17.2 Å². The molecule has 244 valence electrons. The zero-order valence-electron chi connectivity index (χ0n) is 26.3. The summed E-state index contributed by atoms with van der Waals surface area (Å²) >= 11 is 0. The van der Waals surface area contributed by atoms with Gasteiger partial charge in [0, 0.05) is 49.4 Å². The Hall–Kier alpha value is -3.67. The Kier molecular flexibility index (Phi) is 12.8. The smallest absolute Gasteiger partial charge is 0.254 e. The van der Waals surface area contributed by atoms with Crippen LogP contribution in [0.25, 0.3) is 0 Å². The first-order valence-corrected chi connectivity index (χ1v) is 16.8. The van der Waals surface area contributed by atoms with Gasteiger partial charge >= 0.3 is 0 Å². The van der Waals surface area contributed by atoms with Crippen LogP contribution in [-0.4, -0.2) is 72.7 Å². The van der Waals surface area contributed by atoms with Gasteiger partial charge in [0.15, 0.2) is 9.84 Å². The van der Waals surface area contributed by atoms with E-state index in [1.165, 1.54) is 23.1 Å². The summed E-state index contributed by atoms with van der Waals surface area (Å²) < 4.78 is 52.6. The van der Waals surface area contributed by atoms with Gasteiger partial charge in [-0.05, 0) is 85.3 Å².